The van der Waals surface area contributed by atoms with Gasteiger partial charge in [-0.3, -0.25) is 0 Å². The van der Waals surface area contributed by atoms with Crippen LogP contribution in [0.4, 0.5) is 0 Å². The van der Waals surface area contributed by atoms with Crippen LogP contribution < -0.4 is 4.74 Å². The van der Waals surface area contributed by atoms with Crippen LogP contribution in [-0.4, -0.2) is 17.3 Å². The highest BCUT2D eigenvalue weighted by molar-refractivity contribution is 7.71. The molecular formula is C10H10N2O2S. The van der Waals surface area contributed by atoms with Gasteiger partial charge in [-0.05, 0) is 31.3 Å². The van der Waals surface area contributed by atoms with Gasteiger partial charge >= 0.3 is 0 Å². The first-order chi connectivity index (χ1) is 7.20. The van der Waals surface area contributed by atoms with Crippen molar-refractivity contribution in [1.82, 2.24) is 10.2 Å². The molecule has 0 radical (unpaired) electrons. The Balaban J connectivity index is 2.59. The summed E-state index contributed by atoms with van der Waals surface area (Å²) in [5, 5.41) is 6.54. The van der Waals surface area contributed by atoms with Crippen molar-refractivity contribution in [1.29, 1.82) is 0 Å². The van der Waals surface area contributed by atoms with Gasteiger partial charge in [0.15, 0.2) is 0 Å². The third-order valence-corrected chi connectivity index (χ3v) is 2.20. The summed E-state index contributed by atoms with van der Waals surface area (Å²) in [6, 6.07) is 5.77. The number of hydrogen-bond acceptors (Lipinski definition) is 4. The van der Waals surface area contributed by atoms with Crippen molar-refractivity contribution >= 4 is 12.2 Å². The topological polar surface area (TPSA) is 51.0 Å². The zero-order valence-electron chi connectivity index (χ0n) is 8.40. The van der Waals surface area contributed by atoms with Crippen molar-refractivity contribution < 1.29 is 9.15 Å². The lowest BCUT2D eigenvalue weighted by Gasteiger charge is -2.05. The van der Waals surface area contributed by atoms with Gasteiger partial charge in [0.05, 0.1) is 12.7 Å². The molecule has 1 heterocycles. The quantitative estimate of drug-likeness (QED) is 0.794. The Hall–Kier alpha value is -1.62. The predicted octanol–water partition coefficient (Wildman–Crippen LogP) is 2.72. The van der Waals surface area contributed by atoms with Crippen LogP contribution in [0.15, 0.2) is 22.6 Å². The fourth-order valence-electron chi connectivity index (χ4n) is 1.33. The second-order valence-electron chi connectivity index (χ2n) is 3.12. The van der Waals surface area contributed by atoms with Crippen molar-refractivity contribution in [2.75, 3.05) is 7.11 Å². The monoisotopic (exact) mass is 222 g/mol. The number of aromatic amines is 1. The van der Waals surface area contributed by atoms with E-state index in [-0.39, 0.29) is 4.84 Å². The van der Waals surface area contributed by atoms with Crippen LogP contribution in [0.1, 0.15) is 5.56 Å². The number of nitrogens with zero attached hydrogens (tertiary/aromatic N) is 1. The third kappa shape index (κ3) is 1.92. The summed E-state index contributed by atoms with van der Waals surface area (Å²) >= 11 is 4.82. The Labute approximate surface area is 91.9 Å². The molecule has 0 saturated carbocycles. The molecule has 1 N–H and O–H groups in total. The van der Waals surface area contributed by atoms with Crippen LogP contribution in [-0.2, 0) is 0 Å². The maximum atomic E-state index is 5.24. The van der Waals surface area contributed by atoms with Crippen LogP contribution in [0.3, 0.4) is 0 Å². The van der Waals surface area contributed by atoms with Crippen molar-refractivity contribution in [2.24, 2.45) is 0 Å². The van der Waals surface area contributed by atoms with Gasteiger partial charge in [0.2, 0.25) is 5.89 Å². The summed E-state index contributed by atoms with van der Waals surface area (Å²) in [7, 11) is 1.61. The van der Waals surface area contributed by atoms with E-state index < -0.39 is 0 Å². The number of rotatable bonds is 2. The molecule has 1 aromatic heterocycles. The van der Waals surface area contributed by atoms with E-state index in [4.69, 9.17) is 21.4 Å². The summed E-state index contributed by atoms with van der Waals surface area (Å²) in [6.45, 7) is 1.99. The molecule has 0 aliphatic carbocycles. The molecule has 15 heavy (non-hydrogen) atoms. The molecule has 0 aliphatic heterocycles. The number of benzene rings is 1. The molecule has 2 rings (SSSR count). The van der Waals surface area contributed by atoms with Gasteiger partial charge < -0.3 is 9.15 Å². The highest BCUT2D eigenvalue weighted by Crippen LogP contribution is 2.29. The number of aromatic nitrogens is 2. The van der Waals surface area contributed by atoms with E-state index in [1.807, 2.05) is 25.1 Å². The highest BCUT2D eigenvalue weighted by atomic mass is 32.1. The molecule has 2 aromatic rings. The Morgan fingerprint density at radius 2 is 2.27 bits per heavy atom. The van der Waals surface area contributed by atoms with Crippen molar-refractivity contribution in [2.45, 2.75) is 6.92 Å². The van der Waals surface area contributed by atoms with Crippen molar-refractivity contribution in [3.05, 3.63) is 28.6 Å². The first-order valence-electron chi connectivity index (χ1n) is 4.41. The molecule has 0 atom stereocenters. The summed E-state index contributed by atoms with van der Waals surface area (Å²) in [5.74, 6) is 1.16. The molecule has 78 valence electrons. The zero-order valence-corrected chi connectivity index (χ0v) is 9.22. The normalized spacial score (nSPS) is 10.3. The average Bonchev–Trinajstić information content (AvgIpc) is 2.65. The first kappa shape index (κ1) is 9.92. The average molecular weight is 222 g/mol. The molecule has 0 bridgehead atoms. The minimum Gasteiger partial charge on any atom is -0.496 e. The zero-order chi connectivity index (χ0) is 10.8. The molecule has 0 spiro atoms. The molecule has 0 unspecified atom stereocenters. The summed E-state index contributed by atoms with van der Waals surface area (Å²) in [6.07, 6.45) is 0. The van der Waals surface area contributed by atoms with E-state index in [1.54, 1.807) is 7.11 Å². The lowest BCUT2D eigenvalue weighted by atomic mass is 10.1. The largest absolute Gasteiger partial charge is 0.496 e. The van der Waals surface area contributed by atoms with E-state index in [0.29, 0.717) is 11.6 Å². The van der Waals surface area contributed by atoms with Gasteiger partial charge in [-0.2, -0.15) is 0 Å². The van der Waals surface area contributed by atoms with Crippen LogP contribution in [0.5, 0.6) is 5.75 Å². The number of H-pyrrole nitrogens is 1. The van der Waals surface area contributed by atoms with E-state index in [9.17, 15) is 0 Å². The Kier molecular flexibility index (Phi) is 2.55. The second-order valence-corrected chi connectivity index (χ2v) is 3.49. The first-order valence-corrected chi connectivity index (χ1v) is 4.82. The van der Waals surface area contributed by atoms with Crippen LogP contribution in [0, 0.1) is 11.8 Å². The lowest BCUT2D eigenvalue weighted by molar-refractivity contribution is 0.414. The van der Waals surface area contributed by atoms with Crippen LogP contribution >= 0.6 is 12.2 Å². The summed E-state index contributed by atoms with van der Waals surface area (Å²) in [4.78, 5) is 0.258. The molecule has 0 fully saturated rings. The minimum absolute atomic E-state index is 0.258. The van der Waals surface area contributed by atoms with Crippen molar-refractivity contribution in [3.63, 3.8) is 0 Å². The number of ether oxygens (including phenoxy) is 1. The summed E-state index contributed by atoms with van der Waals surface area (Å²) < 4.78 is 10.5. The Morgan fingerprint density at radius 3 is 2.87 bits per heavy atom. The fraction of sp³-hybridized carbons (Fsp3) is 0.200. The van der Waals surface area contributed by atoms with Gasteiger partial charge in [0.25, 0.3) is 4.84 Å². The molecule has 0 aliphatic rings. The number of methoxy groups -OCH3 is 1. The maximum Gasteiger partial charge on any atom is 0.284 e. The fourth-order valence-corrected chi connectivity index (χ4v) is 1.46. The number of aryl methyl sites for hydroxylation is 1. The molecule has 5 heteroatoms. The SMILES string of the molecule is COc1ccc(C)cc1-c1n[nH]c(=S)o1. The third-order valence-electron chi connectivity index (χ3n) is 2.02. The Bertz CT molecular complexity index is 530. The van der Waals surface area contributed by atoms with Gasteiger partial charge in [-0.15, -0.1) is 5.10 Å². The molecule has 0 amide bonds. The smallest absolute Gasteiger partial charge is 0.284 e. The number of hydrogen-bond donors (Lipinski definition) is 1. The van der Waals surface area contributed by atoms with Crippen molar-refractivity contribution in [3.8, 4) is 17.2 Å². The van der Waals surface area contributed by atoms with Gasteiger partial charge in [0.1, 0.15) is 5.75 Å². The van der Waals surface area contributed by atoms with Gasteiger partial charge in [0, 0.05) is 0 Å². The second kappa shape index (κ2) is 3.86. The van der Waals surface area contributed by atoms with E-state index in [1.165, 1.54) is 0 Å². The highest BCUT2D eigenvalue weighted by Gasteiger charge is 2.10. The van der Waals surface area contributed by atoms with E-state index in [0.717, 1.165) is 11.1 Å². The summed E-state index contributed by atoms with van der Waals surface area (Å²) in [5.41, 5.74) is 1.90. The lowest BCUT2D eigenvalue weighted by Crippen LogP contribution is -1.88. The standard InChI is InChI=1S/C10H10N2O2S/c1-6-3-4-8(13-2)7(5-6)9-11-12-10(15)14-9/h3-5H,1-2H3,(H,12,15). The van der Waals surface area contributed by atoms with Crippen LogP contribution in [0.2, 0.25) is 0 Å². The molecular weight excluding hydrogens is 212 g/mol. The molecule has 4 nitrogen and oxygen atoms in total. The van der Waals surface area contributed by atoms with Gasteiger partial charge in [-0.1, -0.05) is 11.6 Å². The van der Waals surface area contributed by atoms with Crippen LogP contribution in [0.25, 0.3) is 11.5 Å². The maximum absolute atomic E-state index is 5.24. The number of nitrogens with one attached hydrogen (secondary N) is 1. The van der Waals surface area contributed by atoms with Gasteiger partial charge in [-0.25, -0.2) is 5.10 Å². The molecule has 1 aromatic carbocycles. The minimum atomic E-state index is 0.258. The predicted molar refractivity (Wildman–Crippen MR) is 58.4 cm³/mol. The van der Waals surface area contributed by atoms with E-state index in [2.05, 4.69) is 10.2 Å². The molecule has 0 saturated heterocycles. The Morgan fingerprint density at radius 1 is 1.47 bits per heavy atom. The van der Waals surface area contributed by atoms with E-state index >= 15 is 0 Å².